The second kappa shape index (κ2) is 22.8. The van der Waals surface area contributed by atoms with Gasteiger partial charge in [0.05, 0.1) is 32.7 Å². The van der Waals surface area contributed by atoms with E-state index in [-0.39, 0.29) is 91.2 Å². The summed E-state index contributed by atoms with van der Waals surface area (Å²) in [6, 6.07) is 0. The van der Waals surface area contributed by atoms with Crippen molar-refractivity contribution in [3.8, 4) is 0 Å². The first kappa shape index (κ1) is 38.2. The molecule has 7 N–H and O–H groups in total. The van der Waals surface area contributed by atoms with Crippen LogP contribution in [0.25, 0.3) is 0 Å². The Morgan fingerprint density at radius 1 is 0.571 bits per heavy atom. The van der Waals surface area contributed by atoms with Crippen molar-refractivity contribution in [2.45, 2.75) is 0 Å². The average Bonchev–Trinajstić information content (AvgIpc) is 2.42. The summed E-state index contributed by atoms with van der Waals surface area (Å²) in [4.78, 5) is 53.6. The Labute approximate surface area is 210 Å². The van der Waals surface area contributed by atoms with E-state index in [4.69, 9.17) is 25.5 Å². The van der Waals surface area contributed by atoms with Crippen LogP contribution in [-0.4, -0.2) is 170 Å². The number of halogens is 1. The van der Waals surface area contributed by atoms with Crippen LogP contribution in [0.2, 0.25) is 0 Å². The minimum absolute atomic E-state index is 0. The van der Waals surface area contributed by atoms with Crippen LogP contribution in [0.5, 0.6) is 0 Å². The molecule has 0 heterocycles. The fourth-order valence-electron chi connectivity index (χ4n) is 1.48. The van der Waals surface area contributed by atoms with E-state index in [1.807, 2.05) is 0 Å². The first-order chi connectivity index (χ1) is 11.5. The van der Waals surface area contributed by atoms with Crippen LogP contribution in [0.3, 0.4) is 0 Å². The standard InChI is InChI=1S/C10H16N2O8.C2H5NO2.ClH.2Na.2H/c13-7(14)3-11(4-8(15)16)1-2-12(5-9(17)18)6-10(19)20;3-1-2(4)5;;;;;/h1-6H2,(H,13,14)(H,15,16)(H,17,18)(H,19,20);1,3H2,(H,4,5);1H;;;;. The van der Waals surface area contributed by atoms with E-state index in [2.05, 4.69) is 5.73 Å². The van der Waals surface area contributed by atoms with Crippen molar-refractivity contribution in [3.05, 3.63) is 0 Å². The Bertz CT molecular complexity index is 430. The van der Waals surface area contributed by atoms with Gasteiger partial charge in [-0.15, -0.1) is 12.4 Å². The maximum absolute atomic E-state index is 10.6. The Balaban J connectivity index is -0.000000195. The molecule has 156 valence electrons. The molecule has 0 saturated heterocycles. The summed E-state index contributed by atoms with van der Waals surface area (Å²) in [5.74, 6) is -5.88. The molecule has 0 spiro atoms. The van der Waals surface area contributed by atoms with Crippen LogP contribution < -0.4 is 5.73 Å². The van der Waals surface area contributed by atoms with Crippen LogP contribution in [0.1, 0.15) is 0 Å². The normalized spacial score (nSPS) is 8.96. The summed E-state index contributed by atoms with van der Waals surface area (Å²) in [7, 11) is 0. The van der Waals surface area contributed by atoms with Crippen LogP contribution in [-0.2, 0) is 24.0 Å². The molecule has 0 unspecified atom stereocenters. The molecule has 0 aliphatic rings. The summed E-state index contributed by atoms with van der Waals surface area (Å²) < 4.78 is 0. The van der Waals surface area contributed by atoms with Crippen LogP contribution in [0, 0.1) is 0 Å². The van der Waals surface area contributed by atoms with Crippen molar-refractivity contribution in [1.29, 1.82) is 0 Å². The Hall–Kier alpha value is -0.480. The first-order valence-corrected chi connectivity index (χ1v) is 6.71. The SMILES string of the molecule is Cl.NCC(=O)O.O=C(O)CN(CCN(CC(=O)O)CC(=O)O)CC(=O)O.[NaH].[NaH]. The third-order valence-electron chi connectivity index (χ3n) is 2.34. The van der Waals surface area contributed by atoms with E-state index in [1.54, 1.807) is 0 Å². The van der Waals surface area contributed by atoms with Gasteiger partial charge in [0.2, 0.25) is 0 Å². The van der Waals surface area contributed by atoms with Gasteiger partial charge in [0.15, 0.2) is 0 Å². The summed E-state index contributed by atoms with van der Waals surface area (Å²) in [6.45, 7) is -2.53. The van der Waals surface area contributed by atoms with Crippen LogP contribution in [0.15, 0.2) is 0 Å². The predicted octanol–water partition coefficient (Wildman–Crippen LogP) is -3.92. The molecule has 0 aromatic carbocycles. The number of hydrogen-bond donors (Lipinski definition) is 6. The van der Waals surface area contributed by atoms with Gasteiger partial charge < -0.3 is 31.3 Å². The molecule has 0 amide bonds. The summed E-state index contributed by atoms with van der Waals surface area (Å²) in [5.41, 5.74) is 4.57. The van der Waals surface area contributed by atoms with Gasteiger partial charge in [-0.3, -0.25) is 33.8 Å². The van der Waals surface area contributed by atoms with E-state index < -0.39 is 56.0 Å². The second-order valence-electron chi connectivity index (χ2n) is 4.59. The van der Waals surface area contributed by atoms with E-state index in [0.717, 1.165) is 9.80 Å². The van der Waals surface area contributed by atoms with Crippen molar-refractivity contribution in [3.63, 3.8) is 0 Å². The maximum atomic E-state index is 10.6. The molecule has 0 saturated carbocycles. The molecule has 0 aromatic heterocycles. The molecule has 0 bridgehead atoms. The van der Waals surface area contributed by atoms with E-state index in [1.165, 1.54) is 0 Å². The number of aliphatic carboxylic acids is 5. The fourth-order valence-corrected chi connectivity index (χ4v) is 1.48. The van der Waals surface area contributed by atoms with Gasteiger partial charge in [-0.25, -0.2) is 0 Å². The van der Waals surface area contributed by atoms with Gasteiger partial charge in [0, 0.05) is 13.1 Å². The van der Waals surface area contributed by atoms with Crippen molar-refractivity contribution in [2.24, 2.45) is 5.73 Å². The zero-order valence-corrected chi connectivity index (χ0v) is 14.4. The average molecular weight is 452 g/mol. The molecular weight excluding hydrogens is 428 g/mol. The molecule has 0 rings (SSSR count). The molecule has 0 aromatic rings. The van der Waals surface area contributed by atoms with Crippen molar-refractivity contribution in [2.75, 3.05) is 45.8 Å². The number of rotatable bonds is 12. The molecular formula is C12H24ClN3Na2O10. The fraction of sp³-hybridized carbons (Fsp3) is 0.583. The minimum atomic E-state index is -1.23. The Morgan fingerprint density at radius 2 is 0.750 bits per heavy atom. The quantitative estimate of drug-likeness (QED) is 0.156. The molecule has 13 nitrogen and oxygen atoms in total. The number of nitrogens with two attached hydrogens (primary N) is 1. The van der Waals surface area contributed by atoms with Gasteiger partial charge in [-0.1, -0.05) is 0 Å². The summed E-state index contributed by atoms with van der Waals surface area (Å²) >= 11 is 0. The van der Waals surface area contributed by atoms with Crippen LogP contribution >= 0.6 is 12.4 Å². The molecule has 0 fully saturated rings. The molecule has 28 heavy (non-hydrogen) atoms. The summed E-state index contributed by atoms with van der Waals surface area (Å²) in [6.07, 6.45) is 0. The predicted molar refractivity (Wildman–Crippen MR) is 102 cm³/mol. The van der Waals surface area contributed by atoms with Gasteiger partial charge in [-0.05, 0) is 0 Å². The van der Waals surface area contributed by atoms with Gasteiger partial charge >= 0.3 is 89.0 Å². The number of carboxylic acids is 5. The topological polar surface area (TPSA) is 219 Å². The van der Waals surface area contributed by atoms with Crippen molar-refractivity contribution < 1.29 is 49.5 Å². The van der Waals surface area contributed by atoms with Gasteiger partial charge in [-0.2, -0.15) is 0 Å². The monoisotopic (exact) mass is 451 g/mol. The number of nitrogens with zero attached hydrogens (tertiary/aromatic N) is 2. The number of carbonyl (C=O) groups is 5. The molecule has 0 aliphatic carbocycles. The third-order valence-corrected chi connectivity index (χ3v) is 2.34. The second-order valence-corrected chi connectivity index (χ2v) is 4.59. The van der Waals surface area contributed by atoms with Crippen LogP contribution in [0.4, 0.5) is 0 Å². The van der Waals surface area contributed by atoms with Crippen molar-refractivity contribution in [1.82, 2.24) is 9.80 Å². The molecule has 0 radical (unpaired) electrons. The number of hydrogen-bond acceptors (Lipinski definition) is 8. The molecule has 16 heteroatoms. The Kier molecular flexibility index (Phi) is 31.1. The Morgan fingerprint density at radius 3 is 0.857 bits per heavy atom. The third kappa shape index (κ3) is 30.3. The van der Waals surface area contributed by atoms with E-state index in [9.17, 15) is 24.0 Å². The molecule has 0 atom stereocenters. The number of carboxylic acid groups (broad SMARTS) is 5. The first-order valence-electron chi connectivity index (χ1n) is 6.71. The zero-order valence-electron chi connectivity index (χ0n) is 13.6. The van der Waals surface area contributed by atoms with Gasteiger partial charge in [0.1, 0.15) is 0 Å². The van der Waals surface area contributed by atoms with E-state index in [0.29, 0.717) is 0 Å². The van der Waals surface area contributed by atoms with Crippen molar-refractivity contribution >= 4 is 101 Å². The van der Waals surface area contributed by atoms with Gasteiger partial charge in [0.25, 0.3) is 0 Å². The summed E-state index contributed by atoms with van der Waals surface area (Å²) in [5, 5.41) is 42.1. The zero-order chi connectivity index (χ0) is 20.0. The van der Waals surface area contributed by atoms with E-state index >= 15 is 0 Å². The molecule has 0 aliphatic heterocycles.